The Morgan fingerprint density at radius 3 is 1.82 bits per heavy atom. The Morgan fingerprint density at radius 1 is 0.773 bits per heavy atom. The van der Waals surface area contributed by atoms with Gasteiger partial charge in [0.25, 0.3) is 0 Å². The van der Waals surface area contributed by atoms with Gasteiger partial charge >= 0.3 is 0 Å². The standard InChI is InChI=1S/C20H32O2/c1-7-8-9-10-11-12-16-18(14(4)5)20(22)17(13(2)3)15(6)19(16)21/h13-14H,7-12H2,1-6H3. The highest BCUT2D eigenvalue weighted by molar-refractivity contribution is 6.25. The van der Waals surface area contributed by atoms with Crippen LogP contribution in [0, 0.1) is 11.8 Å². The number of unbranched alkanes of at least 4 members (excludes halogenated alkanes) is 4. The Balaban J connectivity index is 3.00. The number of ketones is 2. The van der Waals surface area contributed by atoms with E-state index in [2.05, 4.69) is 6.92 Å². The second kappa shape index (κ2) is 8.45. The van der Waals surface area contributed by atoms with Crippen molar-refractivity contribution in [1.82, 2.24) is 0 Å². The van der Waals surface area contributed by atoms with Gasteiger partial charge in [0.2, 0.25) is 0 Å². The number of carbonyl (C=O) groups is 2. The van der Waals surface area contributed by atoms with Crippen molar-refractivity contribution in [2.45, 2.75) is 80.1 Å². The highest BCUT2D eigenvalue weighted by Crippen LogP contribution is 2.34. The summed E-state index contributed by atoms with van der Waals surface area (Å²) in [4.78, 5) is 25.6. The molecule has 22 heavy (non-hydrogen) atoms. The average molecular weight is 304 g/mol. The lowest BCUT2D eigenvalue weighted by atomic mass is 9.75. The number of hydrogen-bond acceptors (Lipinski definition) is 2. The van der Waals surface area contributed by atoms with Gasteiger partial charge in [-0.05, 0) is 31.6 Å². The van der Waals surface area contributed by atoms with Crippen molar-refractivity contribution in [1.29, 1.82) is 0 Å². The molecule has 0 aliphatic heterocycles. The van der Waals surface area contributed by atoms with E-state index in [4.69, 9.17) is 0 Å². The maximum atomic E-state index is 12.8. The predicted molar refractivity (Wildman–Crippen MR) is 92.8 cm³/mol. The van der Waals surface area contributed by atoms with Gasteiger partial charge in [0.05, 0.1) is 0 Å². The van der Waals surface area contributed by atoms with Crippen LogP contribution in [0.5, 0.6) is 0 Å². The van der Waals surface area contributed by atoms with E-state index in [-0.39, 0.29) is 23.4 Å². The lowest BCUT2D eigenvalue weighted by Gasteiger charge is -2.26. The first kappa shape index (κ1) is 18.9. The fraction of sp³-hybridized carbons (Fsp3) is 0.700. The monoisotopic (exact) mass is 304 g/mol. The van der Waals surface area contributed by atoms with Crippen LogP contribution < -0.4 is 0 Å². The molecule has 0 amide bonds. The van der Waals surface area contributed by atoms with Crippen molar-refractivity contribution >= 4 is 11.6 Å². The van der Waals surface area contributed by atoms with Crippen molar-refractivity contribution < 1.29 is 9.59 Å². The van der Waals surface area contributed by atoms with Crippen molar-refractivity contribution in [3.63, 3.8) is 0 Å². The number of rotatable bonds is 8. The molecule has 0 atom stereocenters. The molecule has 1 aliphatic rings. The molecule has 0 bridgehead atoms. The summed E-state index contributed by atoms with van der Waals surface area (Å²) in [6.07, 6.45) is 6.59. The van der Waals surface area contributed by atoms with Crippen LogP contribution in [-0.4, -0.2) is 11.6 Å². The largest absolute Gasteiger partial charge is 0.289 e. The number of carbonyl (C=O) groups excluding carboxylic acids is 2. The van der Waals surface area contributed by atoms with E-state index in [9.17, 15) is 9.59 Å². The van der Waals surface area contributed by atoms with E-state index in [1.165, 1.54) is 19.3 Å². The smallest absolute Gasteiger partial charge is 0.186 e. The van der Waals surface area contributed by atoms with Crippen molar-refractivity contribution in [2.24, 2.45) is 11.8 Å². The maximum absolute atomic E-state index is 12.8. The third kappa shape index (κ3) is 4.18. The van der Waals surface area contributed by atoms with Crippen LogP contribution in [0.4, 0.5) is 0 Å². The van der Waals surface area contributed by atoms with Gasteiger partial charge in [0.15, 0.2) is 11.6 Å². The Hall–Kier alpha value is -1.18. The Kier molecular flexibility index (Phi) is 7.25. The molecule has 0 aromatic carbocycles. The predicted octanol–water partition coefficient (Wildman–Crippen LogP) is 5.42. The lowest BCUT2D eigenvalue weighted by molar-refractivity contribution is -0.117. The molecular formula is C20H32O2. The van der Waals surface area contributed by atoms with Gasteiger partial charge in [-0.15, -0.1) is 0 Å². The molecule has 0 radical (unpaired) electrons. The molecule has 0 saturated heterocycles. The molecule has 0 heterocycles. The Labute approximate surface area is 136 Å². The Bertz CT molecular complexity index is 490. The van der Waals surface area contributed by atoms with Crippen molar-refractivity contribution in [3.05, 3.63) is 22.3 Å². The number of Topliss-reactive ketones (excluding diaryl/α,β-unsaturated/α-hetero) is 2. The molecule has 0 N–H and O–H groups in total. The molecule has 0 saturated carbocycles. The van der Waals surface area contributed by atoms with Gasteiger partial charge < -0.3 is 0 Å². The van der Waals surface area contributed by atoms with Crippen LogP contribution >= 0.6 is 0 Å². The van der Waals surface area contributed by atoms with E-state index < -0.39 is 0 Å². The summed E-state index contributed by atoms with van der Waals surface area (Å²) in [5, 5.41) is 0. The SMILES string of the molecule is CCCCCCCC1=C(C(C)C)C(=O)C(C(C)C)=C(C)C1=O. The molecule has 0 fully saturated rings. The van der Waals surface area contributed by atoms with E-state index in [0.717, 1.165) is 36.0 Å². The zero-order valence-corrected chi connectivity index (χ0v) is 15.2. The first-order valence-electron chi connectivity index (χ1n) is 8.86. The molecular weight excluding hydrogens is 272 g/mol. The first-order chi connectivity index (χ1) is 10.3. The summed E-state index contributed by atoms with van der Waals surface area (Å²) in [5.74, 6) is 0.452. The molecule has 1 rings (SSSR count). The van der Waals surface area contributed by atoms with Gasteiger partial charge in [0, 0.05) is 22.3 Å². The zero-order valence-electron chi connectivity index (χ0n) is 15.2. The maximum Gasteiger partial charge on any atom is 0.186 e. The van der Waals surface area contributed by atoms with Gasteiger partial charge in [-0.25, -0.2) is 0 Å². The topological polar surface area (TPSA) is 34.1 Å². The summed E-state index contributed by atoms with van der Waals surface area (Å²) in [7, 11) is 0. The first-order valence-corrected chi connectivity index (χ1v) is 8.86. The molecule has 0 unspecified atom stereocenters. The summed E-state index contributed by atoms with van der Waals surface area (Å²) in [5.41, 5.74) is 2.96. The zero-order chi connectivity index (χ0) is 16.9. The van der Waals surface area contributed by atoms with Crippen LogP contribution in [0.1, 0.15) is 80.1 Å². The minimum atomic E-state index is 0.108. The average Bonchev–Trinajstić information content (AvgIpc) is 2.43. The van der Waals surface area contributed by atoms with Crippen LogP contribution in [0.25, 0.3) is 0 Å². The third-order valence-corrected chi connectivity index (χ3v) is 4.52. The van der Waals surface area contributed by atoms with E-state index in [1.807, 2.05) is 34.6 Å². The summed E-state index contributed by atoms with van der Waals surface area (Å²) < 4.78 is 0. The van der Waals surface area contributed by atoms with Crippen LogP contribution in [-0.2, 0) is 9.59 Å². The lowest BCUT2D eigenvalue weighted by Crippen LogP contribution is -2.27. The van der Waals surface area contributed by atoms with Crippen LogP contribution in [0.2, 0.25) is 0 Å². The number of hydrogen-bond donors (Lipinski definition) is 0. The quantitative estimate of drug-likeness (QED) is 0.443. The normalized spacial score (nSPS) is 16.5. The minimum Gasteiger partial charge on any atom is -0.289 e. The summed E-state index contributed by atoms with van der Waals surface area (Å²) >= 11 is 0. The number of allylic oxidation sites excluding steroid dienone is 4. The fourth-order valence-electron chi connectivity index (χ4n) is 3.38. The second-order valence-electron chi connectivity index (χ2n) is 7.06. The van der Waals surface area contributed by atoms with Crippen molar-refractivity contribution in [2.75, 3.05) is 0 Å². The molecule has 2 heteroatoms. The molecule has 0 aromatic rings. The van der Waals surface area contributed by atoms with Gasteiger partial charge in [-0.2, -0.15) is 0 Å². The molecule has 124 valence electrons. The highest BCUT2D eigenvalue weighted by Gasteiger charge is 2.34. The van der Waals surface area contributed by atoms with E-state index in [0.29, 0.717) is 5.57 Å². The molecule has 2 nitrogen and oxygen atoms in total. The highest BCUT2D eigenvalue weighted by atomic mass is 16.1. The van der Waals surface area contributed by atoms with Crippen LogP contribution in [0.3, 0.4) is 0 Å². The van der Waals surface area contributed by atoms with Gasteiger partial charge in [-0.1, -0.05) is 60.3 Å². The summed E-state index contributed by atoms with van der Waals surface area (Å²) in [6, 6.07) is 0. The third-order valence-electron chi connectivity index (χ3n) is 4.52. The van der Waals surface area contributed by atoms with Gasteiger partial charge in [0.1, 0.15) is 0 Å². The fourth-order valence-corrected chi connectivity index (χ4v) is 3.38. The molecule has 0 spiro atoms. The molecule has 1 aliphatic carbocycles. The van der Waals surface area contributed by atoms with Crippen LogP contribution in [0.15, 0.2) is 22.3 Å². The summed E-state index contributed by atoms with van der Waals surface area (Å²) in [6.45, 7) is 12.1. The minimum absolute atomic E-state index is 0.108. The van der Waals surface area contributed by atoms with E-state index >= 15 is 0 Å². The molecule has 0 aromatic heterocycles. The van der Waals surface area contributed by atoms with Gasteiger partial charge in [-0.3, -0.25) is 9.59 Å². The van der Waals surface area contributed by atoms with Crippen molar-refractivity contribution in [3.8, 4) is 0 Å². The second-order valence-corrected chi connectivity index (χ2v) is 7.06. The Morgan fingerprint density at radius 2 is 1.32 bits per heavy atom. The van der Waals surface area contributed by atoms with E-state index in [1.54, 1.807) is 0 Å².